The molecule has 0 aliphatic heterocycles. The van der Waals surface area contributed by atoms with Gasteiger partial charge in [0.05, 0.1) is 0 Å². The molecule has 0 bridgehead atoms. The zero-order valence-corrected chi connectivity index (χ0v) is 12.5. The lowest BCUT2D eigenvalue weighted by molar-refractivity contribution is 0.0996. The van der Waals surface area contributed by atoms with Crippen molar-refractivity contribution in [1.82, 2.24) is 0 Å². The molecule has 3 rings (SSSR count). The van der Waals surface area contributed by atoms with Gasteiger partial charge in [-0.15, -0.1) is 0 Å². The highest BCUT2D eigenvalue weighted by Crippen LogP contribution is 2.23. The summed E-state index contributed by atoms with van der Waals surface area (Å²) in [6, 6.07) is 13.5. The van der Waals surface area contributed by atoms with Crippen LogP contribution in [-0.2, 0) is 0 Å². The first-order chi connectivity index (χ1) is 10.5. The highest BCUT2D eigenvalue weighted by atomic mass is 35.5. The summed E-state index contributed by atoms with van der Waals surface area (Å²) in [4.78, 5) is 23.4. The molecule has 4 nitrogen and oxygen atoms in total. The van der Waals surface area contributed by atoms with E-state index in [1.54, 1.807) is 48.5 Å². The molecule has 22 heavy (non-hydrogen) atoms. The quantitative estimate of drug-likeness (QED) is 0.722. The van der Waals surface area contributed by atoms with Gasteiger partial charge in [0, 0.05) is 21.7 Å². The predicted octanol–water partition coefficient (Wildman–Crippen LogP) is 4.54. The fraction of sp³-hybridized carbons (Fsp3) is 0.0588. The van der Waals surface area contributed by atoms with Gasteiger partial charge in [-0.05, 0) is 55.5 Å². The van der Waals surface area contributed by atoms with Crippen LogP contribution in [0.5, 0.6) is 0 Å². The van der Waals surface area contributed by atoms with Crippen molar-refractivity contribution in [2.24, 2.45) is 0 Å². The number of nitrogens with one attached hydrogen (secondary N) is 1. The summed E-state index contributed by atoms with van der Waals surface area (Å²) in [5.41, 5.74) is 1.78. The number of amides is 1. The van der Waals surface area contributed by atoms with Gasteiger partial charge in [0.25, 0.3) is 5.91 Å². The molecule has 0 atom stereocenters. The van der Waals surface area contributed by atoms with Crippen molar-refractivity contribution >= 4 is 39.9 Å². The SMILES string of the molecule is CC(=O)c1ccc(NC(=O)c2cc3cc(Cl)ccc3o2)cc1. The Bertz CT molecular complexity index is 865. The summed E-state index contributed by atoms with van der Waals surface area (Å²) in [6.07, 6.45) is 0. The second-order valence-electron chi connectivity index (χ2n) is 4.88. The van der Waals surface area contributed by atoms with Crippen LogP contribution in [0.25, 0.3) is 11.0 Å². The molecule has 0 radical (unpaired) electrons. The fourth-order valence-corrected chi connectivity index (χ4v) is 2.29. The second-order valence-corrected chi connectivity index (χ2v) is 5.32. The van der Waals surface area contributed by atoms with Gasteiger partial charge in [-0.3, -0.25) is 9.59 Å². The number of carbonyl (C=O) groups is 2. The molecule has 1 amide bonds. The van der Waals surface area contributed by atoms with Crippen LogP contribution in [0, 0.1) is 0 Å². The molecule has 0 spiro atoms. The zero-order valence-electron chi connectivity index (χ0n) is 11.7. The normalized spacial score (nSPS) is 10.6. The molecule has 0 saturated heterocycles. The maximum Gasteiger partial charge on any atom is 0.291 e. The number of furan rings is 1. The summed E-state index contributed by atoms with van der Waals surface area (Å²) in [5, 5.41) is 4.07. The van der Waals surface area contributed by atoms with E-state index >= 15 is 0 Å². The van der Waals surface area contributed by atoms with Gasteiger partial charge in [0.2, 0.25) is 0 Å². The highest BCUT2D eigenvalue weighted by molar-refractivity contribution is 6.31. The number of benzene rings is 2. The molecule has 0 aliphatic rings. The van der Waals surface area contributed by atoms with Crippen molar-refractivity contribution in [1.29, 1.82) is 0 Å². The van der Waals surface area contributed by atoms with Gasteiger partial charge in [0.1, 0.15) is 5.58 Å². The first-order valence-electron chi connectivity index (χ1n) is 6.64. The second kappa shape index (κ2) is 5.66. The van der Waals surface area contributed by atoms with Crippen LogP contribution in [0.2, 0.25) is 5.02 Å². The van der Waals surface area contributed by atoms with Crippen molar-refractivity contribution < 1.29 is 14.0 Å². The lowest BCUT2D eigenvalue weighted by Gasteiger charge is -2.03. The zero-order chi connectivity index (χ0) is 15.7. The topological polar surface area (TPSA) is 59.3 Å². The molecular formula is C17H12ClNO3. The molecule has 110 valence electrons. The molecule has 1 aromatic heterocycles. The van der Waals surface area contributed by atoms with E-state index in [0.29, 0.717) is 21.9 Å². The Morgan fingerprint density at radius 3 is 2.45 bits per heavy atom. The van der Waals surface area contributed by atoms with E-state index in [4.69, 9.17) is 16.0 Å². The first-order valence-corrected chi connectivity index (χ1v) is 7.02. The van der Waals surface area contributed by atoms with Crippen LogP contribution >= 0.6 is 11.6 Å². The third-order valence-corrected chi connectivity index (χ3v) is 3.49. The lowest BCUT2D eigenvalue weighted by atomic mass is 10.1. The van der Waals surface area contributed by atoms with E-state index in [1.807, 2.05) is 0 Å². The van der Waals surface area contributed by atoms with Crippen molar-refractivity contribution in [3.8, 4) is 0 Å². The molecule has 3 aromatic rings. The van der Waals surface area contributed by atoms with Crippen LogP contribution in [0.4, 0.5) is 5.69 Å². The Morgan fingerprint density at radius 1 is 1.05 bits per heavy atom. The van der Waals surface area contributed by atoms with Crippen molar-refractivity contribution in [2.45, 2.75) is 6.92 Å². The third-order valence-electron chi connectivity index (χ3n) is 3.25. The first kappa shape index (κ1) is 14.4. The Morgan fingerprint density at radius 2 is 1.77 bits per heavy atom. The van der Waals surface area contributed by atoms with Crippen LogP contribution in [0.3, 0.4) is 0 Å². The van der Waals surface area contributed by atoms with Gasteiger partial charge in [-0.1, -0.05) is 11.6 Å². The molecule has 5 heteroatoms. The summed E-state index contributed by atoms with van der Waals surface area (Å²) in [6.45, 7) is 1.49. The van der Waals surface area contributed by atoms with Crippen LogP contribution in [-0.4, -0.2) is 11.7 Å². The number of rotatable bonds is 3. The summed E-state index contributed by atoms with van der Waals surface area (Å²) in [7, 11) is 0. The van der Waals surface area contributed by atoms with Crippen LogP contribution in [0.15, 0.2) is 52.9 Å². The van der Waals surface area contributed by atoms with Gasteiger partial charge in [0.15, 0.2) is 11.5 Å². The molecule has 1 heterocycles. The average Bonchev–Trinajstić information content (AvgIpc) is 2.91. The standard InChI is InChI=1S/C17H12ClNO3/c1-10(20)11-2-5-14(6-3-11)19-17(21)16-9-12-8-13(18)4-7-15(12)22-16/h2-9H,1H3,(H,19,21). The van der Waals surface area contributed by atoms with E-state index in [-0.39, 0.29) is 17.5 Å². The minimum atomic E-state index is -0.358. The Hall–Kier alpha value is -2.59. The van der Waals surface area contributed by atoms with E-state index in [9.17, 15) is 9.59 Å². The van der Waals surface area contributed by atoms with E-state index in [1.165, 1.54) is 6.92 Å². The Labute approximate surface area is 131 Å². The van der Waals surface area contributed by atoms with Crippen molar-refractivity contribution in [2.75, 3.05) is 5.32 Å². The van der Waals surface area contributed by atoms with E-state index < -0.39 is 0 Å². The predicted molar refractivity (Wildman–Crippen MR) is 85.6 cm³/mol. The van der Waals surface area contributed by atoms with Crippen LogP contribution < -0.4 is 5.32 Å². The maximum atomic E-state index is 12.2. The smallest absolute Gasteiger partial charge is 0.291 e. The van der Waals surface area contributed by atoms with Crippen LogP contribution in [0.1, 0.15) is 27.8 Å². The fourth-order valence-electron chi connectivity index (χ4n) is 2.11. The number of ketones is 1. The van der Waals surface area contributed by atoms with Gasteiger partial charge < -0.3 is 9.73 Å². The average molecular weight is 314 g/mol. The molecule has 0 aliphatic carbocycles. The Kier molecular flexibility index (Phi) is 3.69. The summed E-state index contributed by atoms with van der Waals surface area (Å²) >= 11 is 5.91. The number of hydrogen-bond acceptors (Lipinski definition) is 3. The molecule has 0 fully saturated rings. The number of hydrogen-bond donors (Lipinski definition) is 1. The highest BCUT2D eigenvalue weighted by Gasteiger charge is 2.13. The summed E-state index contributed by atoms with van der Waals surface area (Å²) < 4.78 is 5.49. The Balaban J connectivity index is 1.81. The number of Topliss-reactive ketones (excluding diaryl/α,β-unsaturated/α-hetero) is 1. The molecule has 0 saturated carbocycles. The largest absolute Gasteiger partial charge is 0.451 e. The van der Waals surface area contributed by atoms with Gasteiger partial charge in [-0.2, -0.15) is 0 Å². The van der Waals surface area contributed by atoms with Crippen molar-refractivity contribution in [3.63, 3.8) is 0 Å². The van der Waals surface area contributed by atoms with Crippen molar-refractivity contribution in [3.05, 3.63) is 64.9 Å². The third kappa shape index (κ3) is 2.87. The van der Waals surface area contributed by atoms with E-state index in [2.05, 4.69) is 5.32 Å². The number of halogens is 1. The lowest BCUT2D eigenvalue weighted by Crippen LogP contribution is -2.10. The van der Waals surface area contributed by atoms with E-state index in [0.717, 1.165) is 5.39 Å². The number of carbonyl (C=O) groups excluding carboxylic acids is 2. The summed E-state index contributed by atoms with van der Waals surface area (Å²) in [5.74, 6) is -0.178. The monoisotopic (exact) mass is 313 g/mol. The maximum absolute atomic E-state index is 12.2. The number of fused-ring (bicyclic) bond motifs is 1. The van der Waals surface area contributed by atoms with Gasteiger partial charge in [-0.25, -0.2) is 0 Å². The number of anilines is 1. The molecule has 0 unspecified atom stereocenters. The molecule has 1 N–H and O–H groups in total. The minimum Gasteiger partial charge on any atom is -0.451 e. The molecular weight excluding hydrogens is 302 g/mol. The molecule has 2 aromatic carbocycles. The van der Waals surface area contributed by atoms with Gasteiger partial charge >= 0.3 is 0 Å². The minimum absolute atomic E-state index is 0.0213.